The highest BCUT2D eigenvalue weighted by molar-refractivity contribution is 5.95. The van der Waals surface area contributed by atoms with E-state index < -0.39 is 5.97 Å². The van der Waals surface area contributed by atoms with Gasteiger partial charge in [-0.1, -0.05) is 18.2 Å². The summed E-state index contributed by atoms with van der Waals surface area (Å²) in [6, 6.07) is 16.0. The molecule has 0 aliphatic heterocycles. The summed E-state index contributed by atoms with van der Waals surface area (Å²) in [5.74, 6) is 0.519. The highest BCUT2D eigenvalue weighted by Crippen LogP contribution is 2.20. The molecule has 0 aliphatic carbocycles. The molecular weight excluding hydrogens is 270 g/mol. The fraction of sp³-hybridized carbons (Fsp3) is 0.125. The van der Waals surface area contributed by atoms with Crippen molar-refractivity contribution in [3.63, 3.8) is 0 Å². The lowest BCUT2D eigenvalue weighted by molar-refractivity contribution is -0.139. The Morgan fingerprint density at radius 2 is 1.57 bits per heavy atom. The van der Waals surface area contributed by atoms with Gasteiger partial charge >= 0.3 is 5.97 Å². The number of methoxy groups -OCH3 is 1. The largest absolute Gasteiger partial charge is 0.468 e. The fourth-order valence-corrected chi connectivity index (χ4v) is 1.63. The maximum Gasteiger partial charge on any atom is 0.325 e. The summed E-state index contributed by atoms with van der Waals surface area (Å²) in [5, 5.41) is 2.46. The fourth-order valence-electron chi connectivity index (χ4n) is 1.63. The van der Waals surface area contributed by atoms with Gasteiger partial charge in [-0.15, -0.1) is 0 Å². The zero-order chi connectivity index (χ0) is 15.1. The number of para-hydroxylation sites is 1. The van der Waals surface area contributed by atoms with E-state index in [1.165, 1.54) is 7.11 Å². The minimum atomic E-state index is -0.493. The van der Waals surface area contributed by atoms with Crippen LogP contribution in [0.15, 0.2) is 54.6 Å². The van der Waals surface area contributed by atoms with Crippen LogP contribution in [0.25, 0.3) is 0 Å². The lowest BCUT2D eigenvalue weighted by Crippen LogP contribution is -2.30. The molecule has 5 nitrogen and oxygen atoms in total. The molecule has 2 rings (SSSR count). The van der Waals surface area contributed by atoms with Crippen molar-refractivity contribution in [2.75, 3.05) is 13.7 Å². The molecule has 0 atom stereocenters. The molecule has 1 N–H and O–H groups in total. The second-order valence-electron chi connectivity index (χ2n) is 4.20. The van der Waals surface area contributed by atoms with E-state index in [0.29, 0.717) is 11.3 Å². The number of carbonyl (C=O) groups is 2. The third-order valence-corrected chi connectivity index (χ3v) is 2.72. The van der Waals surface area contributed by atoms with Gasteiger partial charge in [0.05, 0.1) is 7.11 Å². The van der Waals surface area contributed by atoms with E-state index in [1.54, 1.807) is 24.3 Å². The first-order valence-electron chi connectivity index (χ1n) is 6.37. The van der Waals surface area contributed by atoms with Crippen LogP contribution in [0.2, 0.25) is 0 Å². The smallest absolute Gasteiger partial charge is 0.325 e. The van der Waals surface area contributed by atoms with E-state index in [1.807, 2.05) is 30.3 Å². The molecule has 2 aromatic rings. The lowest BCUT2D eigenvalue weighted by atomic mass is 10.2. The van der Waals surface area contributed by atoms with Gasteiger partial charge in [-0.2, -0.15) is 0 Å². The molecule has 2 aromatic carbocycles. The normalized spacial score (nSPS) is 9.76. The molecule has 0 spiro atoms. The zero-order valence-electron chi connectivity index (χ0n) is 11.5. The van der Waals surface area contributed by atoms with E-state index in [2.05, 4.69) is 10.1 Å². The van der Waals surface area contributed by atoms with Gasteiger partial charge < -0.3 is 14.8 Å². The van der Waals surface area contributed by atoms with Crippen LogP contribution in [0.4, 0.5) is 0 Å². The third kappa shape index (κ3) is 4.35. The van der Waals surface area contributed by atoms with Crippen LogP contribution in [-0.4, -0.2) is 25.5 Å². The van der Waals surface area contributed by atoms with Crippen molar-refractivity contribution in [2.45, 2.75) is 0 Å². The first-order chi connectivity index (χ1) is 10.2. The molecule has 5 heteroatoms. The van der Waals surface area contributed by atoms with Crippen LogP contribution >= 0.6 is 0 Å². The van der Waals surface area contributed by atoms with Crippen LogP contribution in [0.1, 0.15) is 10.4 Å². The zero-order valence-corrected chi connectivity index (χ0v) is 11.5. The van der Waals surface area contributed by atoms with Crippen molar-refractivity contribution in [1.82, 2.24) is 5.32 Å². The quantitative estimate of drug-likeness (QED) is 0.857. The Kier molecular flexibility index (Phi) is 4.93. The molecule has 0 saturated carbocycles. The van der Waals surface area contributed by atoms with E-state index in [-0.39, 0.29) is 12.5 Å². The first-order valence-corrected chi connectivity index (χ1v) is 6.37. The molecule has 0 unspecified atom stereocenters. The maximum atomic E-state index is 11.8. The summed E-state index contributed by atoms with van der Waals surface area (Å²) in [6.45, 7) is -0.155. The molecule has 0 saturated heterocycles. The van der Waals surface area contributed by atoms with E-state index in [0.717, 1.165) is 5.75 Å². The Morgan fingerprint density at radius 1 is 0.952 bits per heavy atom. The molecule has 0 bridgehead atoms. The van der Waals surface area contributed by atoms with Crippen LogP contribution in [0, 0.1) is 0 Å². The molecule has 108 valence electrons. The van der Waals surface area contributed by atoms with Crippen molar-refractivity contribution < 1.29 is 19.1 Å². The summed E-state index contributed by atoms with van der Waals surface area (Å²) in [4.78, 5) is 22.7. The average Bonchev–Trinajstić information content (AvgIpc) is 2.54. The van der Waals surface area contributed by atoms with Crippen molar-refractivity contribution in [3.05, 3.63) is 60.2 Å². The standard InChI is InChI=1S/C16H15NO4/c1-20-15(18)11-17-16(19)12-7-9-14(10-8-12)21-13-5-3-2-4-6-13/h2-10H,11H2,1H3,(H,17,19). The second-order valence-corrected chi connectivity index (χ2v) is 4.20. The van der Waals surface area contributed by atoms with Gasteiger partial charge in [-0.3, -0.25) is 9.59 Å². The molecular formula is C16H15NO4. The molecule has 0 aliphatic rings. The van der Waals surface area contributed by atoms with E-state index >= 15 is 0 Å². The summed E-state index contributed by atoms with van der Waals surface area (Å²) in [6.07, 6.45) is 0. The van der Waals surface area contributed by atoms with Gasteiger partial charge in [0.2, 0.25) is 0 Å². The Balaban J connectivity index is 1.95. The van der Waals surface area contributed by atoms with Crippen LogP contribution in [0.5, 0.6) is 11.5 Å². The van der Waals surface area contributed by atoms with Gasteiger partial charge in [0, 0.05) is 5.56 Å². The van der Waals surface area contributed by atoms with Crippen LogP contribution in [0.3, 0.4) is 0 Å². The molecule has 0 radical (unpaired) electrons. The maximum absolute atomic E-state index is 11.8. The Bertz CT molecular complexity index is 608. The van der Waals surface area contributed by atoms with Crippen molar-refractivity contribution >= 4 is 11.9 Å². The second kappa shape index (κ2) is 7.09. The Labute approximate surface area is 122 Å². The van der Waals surface area contributed by atoms with Gasteiger partial charge in [0.25, 0.3) is 5.91 Å². The molecule has 0 heterocycles. The number of ether oxygens (including phenoxy) is 2. The monoisotopic (exact) mass is 285 g/mol. The molecule has 1 amide bonds. The van der Waals surface area contributed by atoms with Crippen molar-refractivity contribution in [1.29, 1.82) is 0 Å². The number of hydrogen-bond donors (Lipinski definition) is 1. The van der Waals surface area contributed by atoms with Crippen LogP contribution < -0.4 is 10.1 Å². The number of amides is 1. The first kappa shape index (κ1) is 14.6. The number of nitrogens with one attached hydrogen (secondary N) is 1. The van der Waals surface area contributed by atoms with Gasteiger partial charge in [0.15, 0.2) is 0 Å². The van der Waals surface area contributed by atoms with Crippen molar-refractivity contribution in [2.24, 2.45) is 0 Å². The predicted molar refractivity (Wildman–Crippen MR) is 77.3 cm³/mol. The summed E-state index contributed by atoms with van der Waals surface area (Å²) >= 11 is 0. The van der Waals surface area contributed by atoms with Crippen LogP contribution in [-0.2, 0) is 9.53 Å². The van der Waals surface area contributed by atoms with E-state index in [9.17, 15) is 9.59 Å². The molecule has 0 aromatic heterocycles. The number of esters is 1. The minimum absolute atomic E-state index is 0.155. The number of carbonyl (C=O) groups excluding carboxylic acids is 2. The highest BCUT2D eigenvalue weighted by Gasteiger charge is 2.08. The average molecular weight is 285 g/mol. The number of benzene rings is 2. The van der Waals surface area contributed by atoms with Gasteiger partial charge in [0.1, 0.15) is 18.0 Å². The van der Waals surface area contributed by atoms with Crippen molar-refractivity contribution in [3.8, 4) is 11.5 Å². The Morgan fingerprint density at radius 3 is 2.19 bits per heavy atom. The SMILES string of the molecule is COC(=O)CNC(=O)c1ccc(Oc2ccccc2)cc1. The highest BCUT2D eigenvalue weighted by atomic mass is 16.5. The number of hydrogen-bond acceptors (Lipinski definition) is 4. The Hall–Kier alpha value is -2.82. The minimum Gasteiger partial charge on any atom is -0.468 e. The molecule has 0 fully saturated rings. The summed E-state index contributed by atoms with van der Waals surface area (Å²) in [5.41, 5.74) is 0.444. The number of rotatable bonds is 5. The molecule has 21 heavy (non-hydrogen) atoms. The lowest BCUT2D eigenvalue weighted by Gasteiger charge is -2.07. The predicted octanol–water partition coefficient (Wildman–Crippen LogP) is 2.38. The van der Waals surface area contributed by atoms with Gasteiger partial charge in [-0.05, 0) is 36.4 Å². The summed E-state index contributed by atoms with van der Waals surface area (Å²) < 4.78 is 10.1. The van der Waals surface area contributed by atoms with E-state index in [4.69, 9.17) is 4.74 Å². The summed E-state index contributed by atoms with van der Waals surface area (Å²) in [7, 11) is 1.27. The van der Waals surface area contributed by atoms with Gasteiger partial charge in [-0.25, -0.2) is 0 Å². The third-order valence-electron chi connectivity index (χ3n) is 2.72. The topological polar surface area (TPSA) is 64.6 Å².